The molecule has 3 aliphatic rings. The molecule has 4 aromatic rings. The molecule has 0 bridgehead atoms. The zero-order valence-electron chi connectivity index (χ0n) is 21.4. The molecular formula is C30H23Cl2FN2O5. The first-order chi connectivity index (χ1) is 19.3. The molecule has 1 spiro atoms. The highest BCUT2D eigenvalue weighted by molar-refractivity contribution is 6.39. The van der Waals surface area contributed by atoms with Crippen molar-refractivity contribution in [2.45, 2.75) is 50.0 Å². The molecule has 204 valence electrons. The number of halogens is 3. The van der Waals surface area contributed by atoms with Crippen molar-refractivity contribution in [2.75, 3.05) is 7.11 Å². The molecule has 0 radical (unpaired) electrons. The number of benzene rings is 2. The number of hydrogen-bond acceptors (Lipinski definition) is 7. The molecule has 2 saturated carbocycles. The van der Waals surface area contributed by atoms with Crippen LogP contribution in [-0.2, 0) is 23.2 Å². The largest absolute Gasteiger partial charge is 0.473 e. The zero-order chi connectivity index (χ0) is 27.6. The topological polar surface area (TPSA) is 83.7 Å². The van der Waals surface area contributed by atoms with Crippen molar-refractivity contribution >= 4 is 29.2 Å². The second kappa shape index (κ2) is 9.49. The summed E-state index contributed by atoms with van der Waals surface area (Å²) in [6.45, 7) is 0.122. The third-order valence-corrected chi connectivity index (χ3v) is 8.40. The van der Waals surface area contributed by atoms with Crippen LogP contribution in [-0.4, -0.2) is 23.2 Å². The van der Waals surface area contributed by atoms with Gasteiger partial charge < -0.3 is 18.7 Å². The minimum atomic E-state index is -0.531. The fourth-order valence-corrected chi connectivity index (χ4v) is 6.02. The van der Waals surface area contributed by atoms with Gasteiger partial charge in [0.1, 0.15) is 35.4 Å². The Labute approximate surface area is 239 Å². The first-order valence-electron chi connectivity index (χ1n) is 13.0. The number of ether oxygens (including phenoxy) is 3. The number of esters is 1. The summed E-state index contributed by atoms with van der Waals surface area (Å²) in [7, 11) is 1.35. The molecule has 40 heavy (non-hydrogen) atoms. The molecule has 2 aromatic heterocycles. The monoisotopic (exact) mass is 580 g/mol. The first kappa shape index (κ1) is 25.4. The van der Waals surface area contributed by atoms with Gasteiger partial charge in [0.25, 0.3) is 0 Å². The van der Waals surface area contributed by atoms with Gasteiger partial charge in [-0.05, 0) is 68.0 Å². The lowest BCUT2D eigenvalue weighted by molar-refractivity contribution is 0.0600. The first-order valence-corrected chi connectivity index (χ1v) is 13.8. The summed E-state index contributed by atoms with van der Waals surface area (Å²) in [5.74, 6) is 1.71. The zero-order valence-corrected chi connectivity index (χ0v) is 22.9. The highest BCUT2D eigenvalue weighted by Gasteiger charge is 2.49. The molecule has 0 saturated heterocycles. The molecule has 10 heteroatoms. The maximum absolute atomic E-state index is 13.9. The van der Waals surface area contributed by atoms with E-state index in [0.29, 0.717) is 34.2 Å². The van der Waals surface area contributed by atoms with Gasteiger partial charge in [-0.1, -0.05) is 34.4 Å². The number of carbonyl (C=O) groups is 1. The summed E-state index contributed by atoms with van der Waals surface area (Å²) in [6, 6.07) is 11.4. The van der Waals surface area contributed by atoms with E-state index in [0.717, 1.165) is 54.7 Å². The molecule has 0 atom stereocenters. The molecule has 3 heterocycles. The second-order valence-corrected chi connectivity index (χ2v) is 11.4. The normalized spacial score (nSPS) is 16.5. The Hall–Kier alpha value is -3.62. The van der Waals surface area contributed by atoms with E-state index in [1.165, 1.54) is 19.2 Å². The Morgan fingerprint density at radius 1 is 1.10 bits per heavy atom. The van der Waals surface area contributed by atoms with E-state index >= 15 is 0 Å². The predicted molar refractivity (Wildman–Crippen MR) is 145 cm³/mol. The van der Waals surface area contributed by atoms with Crippen molar-refractivity contribution in [3.63, 3.8) is 0 Å². The van der Waals surface area contributed by atoms with Crippen LogP contribution in [0.1, 0.15) is 64.5 Å². The number of carbonyl (C=O) groups excluding carboxylic acids is 1. The lowest BCUT2D eigenvalue weighted by atomic mass is 9.92. The number of rotatable bonds is 6. The van der Waals surface area contributed by atoms with Crippen LogP contribution in [0.4, 0.5) is 4.39 Å². The van der Waals surface area contributed by atoms with Crippen LogP contribution in [0.3, 0.4) is 0 Å². The number of pyridine rings is 1. The van der Waals surface area contributed by atoms with Gasteiger partial charge in [-0.2, -0.15) is 0 Å². The SMILES string of the molecule is COC(=O)c1ccc2c(c1)Oc1ccc(OCc3c(-c4c(Cl)cc(F)cc4Cl)noc3C3CC3)nc1C1(CC1)C2. The Morgan fingerprint density at radius 2 is 1.88 bits per heavy atom. The molecule has 2 fully saturated rings. The Morgan fingerprint density at radius 3 is 2.58 bits per heavy atom. The third kappa shape index (κ3) is 4.39. The number of methoxy groups -OCH3 is 1. The molecule has 7 nitrogen and oxygen atoms in total. The molecule has 2 aromatic carbocycles. The van der Waals surface area contributed by atoms with Crippen molar-refractivity contribution in [3.05, 3.63) is 86.5 Å². The molecular weight excluding hydrogens is 558 g/mol. The van der Waals surface area contributed by atoms with Crippen molar-refractivity contribution < 1.29 is 27.9 Å². The van der Waals surface area contributed by atoms with Crippen LogP contribution in [0.25, 0.3) is 11.3 Å². The second-order valence-electron chi connectivity index (χ2n) is 10.6. The van der Waals surface area contributed by atoms with E-state index in [2.05, 4.69) is 5.16 Å². The summed E-state index contributed by atoms with van der Waals surface area (Å²) in [4.78, 5) is 17.0. The van der Waals surface area contributed by atoms with Gasteiger partial charge in [0.2, 0.25) is 5.88 Å². The number of nitrogens with zero attached hydrogens (tertiary/aromatic N) is 2. The lowest BCUT2D eigenvalue weighted by Crippen LogP contribution is -2.12. The van der Waals surface area contributed by atoms with Gasteiger partial charge in [0, 0.05) is 23.0 Å². The van der Waals surface area contributed by atoms with E-state index in [9.17, 15) is 9.18 Å². The predicted octanol–water partition coefficient (Wildman–Crippen LogP) is 7.81. The van der Waals surface area contributed by atoms with Gasteiger partial charge in [-0.25, -0.2) is 14.2 Å². The van der Waals surface area contributed by atoms with Crippen molar-refractivity contribution in [1.82, 2.24) is 10.1 Å². The summed E-state index contributed by atoms with van der Waals surface area (Å²) in [5, 5.41) is 4.55. The van der Waals surface area contributed by atoms with Crippen molar-refractivity contribution in [3.8, 4) is 28.6 Å². The van der Waals surface area contributed by atoms with E-state index < -0.39 is 11.8 Å². The fourth-order valence-electron chi connectivity index (χ4n) is 5.38. The summed E-state index contributed by atoms with van der Waals surface area (Å²) < 4.78 is 36.9. The Balaban J connectivity index is 1.20. The number of aromatic nitrogens is 2. The minimum Gasteiger partial charge on any atom is -0.473 e. The van der Waals surface area contributed by atoms with Gasteiger partial charge in [0.15, 0.2) is 0 Å². The number of fused-ring (bicyclic) bond motifs is 3. The highest BCUT2D eigenvalue weighted by atomic mass is 35.5. The third-order valence-electron chi connectivity index (χ3n) is 7.80. The van der Waals surface area contributed by atoms with E-state index in [-0.39, 0.29) is 28.0 Å². The summed E-state index contributed by atoms with van der Waals surface area (Å²) >= 11 is 12.7. The quantitative estimate of drug-likeness (QED) is 0.215. The van der Waals surface area contributed by atoms with E-state index in [1.54, 1.807) is 18.2 Å². The molecule has 0 amide bonds. The lowest BCUT2D eigenvalue weighted by Gasteiger charge is -2.15. The fraction of sp³-hybridized carbons (Fsp3) is 0.300. The maximum atomic E-state index is 13.9. The smallest absolute Gasteiger partial charge is 0.337 e. The van der Waals surface area contributed by atoms with E-state index in [4.69, 9.17) is 46.9 Å². The van der Waals surface area contributed by atoms with Gasteiger partial charge >= 0.3 is 5.97 Å². The molecule has 2 aliphatic carbocycles. The average molecular weight is 581 g/mol. The van der Waals surface area contributed by atoms with Crippen molar-refractivity contribution in [1.29, 1.82) is 0 Å². The van der Waals surface area contributed by atoms with Crippen LogP contribution in [0.5, 0.6) is 17.4 Å². The molecule has 0 N–H and O–H groups in total. The van der Waals surface area contributed by atoms with E-state index in [1.807, 2.05) is 12.1 Å². The van der Waals surface area contributed by atoms with Gasteiger partial charge in [-0.15, -0.1) is 0 Å². The van der Waals surface area contributed by atoms with Crippen molar-refractivity contribution in [2.24, 2.45) is 0 Å². The van der Waals surface area contributed by atoms with Crippen LogP contribution >= 0.6 is 23.2 Å². The van der Waals surface area contributed by atoms with Crippen LogP contribution < -0.4 is 9.47 Å². The maximum Gasteiger partial charge on any atom is 0.337 e. The van der Waals surface area contributed by atoms with Gasteiger partial charge in [0.05, 0.1) is 34.0 Å². The highest BCUT2D eigenvalue weighted by Crippen LogP contribution is 2.56. The molecule has 1 aliphatic heterocycles. The molecule has 7 rings (SSSR count). The van der Waals surface area contributed by atoms with Crippen LogP contribution in [0.15, 0.2) is 47.0 Å². The summed E-state index contributed by atoms with van der Waals surface area (Å²) in [6.07, 6.45) is 4.67. The standard InChI is InChI=1S/C30H23Cl2FN2O5/c1-37-29(36)16-4-5-17-13-30(8-9-30)28-22(39-23(17)10-16)6-7-24(34-28)38-14-19-26(35-40-27(19)15-2-3-15)25-20(31)11-18(33)12-21(25)32/h4-7,10-12,15H,2-3,8-9,13-14H2,1H3. The minimum absolute atomic E-state index is 0.122. The van der Waals surface area contributed by atoms with Crippen LogP contribution in [0.2, 0.25) is 10.0 Å². The number of hydrogen-bond donors (Lipinski definition) is 0. The Bertz CT molecular complexity index is 1660. The van der Waals surface area contributed by atoms with Gasteiger partial charge in [-0.3, -0.25) is 0 Å². The van der Waals surface area contributed by atoms with Crippen LogP contribution in [0, 0.1) is 5.82 Å². The Kier molecular flexibility index (Phi) is 6.02. The summed E-state index contributed by atoms with van der Waals surface area (Å²) in [5.41, 5.74) is 3.69. The average Bonchev–Trinajstić information content (AvgIpc) is 3.87. The molecule has 0 unspecified atom stereocenters.